The number of aliphatic carboxylic acids is 1. The van der Waals surface area contributed by atoms with Gasteiger partial charge >= 0.3 is 11.9 Å². The number of carboxylic acid groups (broad SMARTS) is 1. The van der Waals surface area contributed by atoms with E-state index in [1.54, 1.807) is 0 Å². The van der Waals surface area contributed by atoms with Gasteiger partial charge in [0.1, 0.15) is 18.5 Å². The summed E-state index contributed by atoms with van der Waals surface area (Å²) in [5.74, 6) is -1.31. The molecular formula is C22H33NO7. The summed E-state index contributed by atoms with van der Waals surface area (Å²) in [5, 5.41) is 11.8. The Labute approximate surface area is 178 Å². The van der Waals surface area contributed by atoms with Crippen LogP contribution in [0.3, 0.4) is 0 Å². The van der Waals surface area contributed by atoms with Crippen molar-refractivity contribution in [3.05, 3.63) is 42.0 Å². The van der Waals surface area contributed by atoms with Crippen molar-refractivity contribution in [1.82, 2.24) is 5.32 Å². The van der Waals surface area contributed by atoms with E-state index in [1.165, 1.54) is 0 Å². The van der Waals surface area contributed by atoms with E-state index in [2.05, 4.69) is 5.32 Å². The lowest BCUT2D eigenvalue weighted by Gasteiger charge is -2.20. The molecule has 0 saturated carbocycles. The average Bonchev–Trinajstić information content (AvgIpc) is 2.68. The average molecular weight is 424 g/mol. The van der Waals surface area contributed by atoms with Crippen LogP contribution in [0, 0.1) is 0 Å². The van der Waals surface area contributed by atoms with Gasteiger partial charge in [-0.2, -0.15) is 0 Å². The molecule has 0 saturated heterocycles. The van der Waals surface area contributed by atoms with Gasteiger partial charge in [0, 0.05) is 24.7 Å². The molecular weight excluding hydrogens is 390 g/mol. The first kappa shape index (κ1) is 25.6. The predicted molar refractivity (Wildman–Crippen MR) is 112 cm³/mol. The molecule has 30 heavy (non-hydrogen) atoms. The van der Waals surface area contributed by atoms with Gasteiger partial charge in [0.15, 0.2) is 0 Å². The van der Waals surface area contributed by atoms with Crippen LogP contribution in [0.2, 0.25) is 0 Å². The van der Waals surface area contributed by atoms with Crippen molar-refractivity contribution in [2.45, 2.75) is 52.6 Å². The van der Waals surface area contributed by atoms with E-state index >= 15 is 0 Å². The zero-order chi connectivity index (χ0) is 22.4. The molecule has 168 valence electrons. The molecule has 1 atom stereocenters. The Balaban J connectivity index is 2.48. The maximum atomic E-state index is 11.8. The molecule has 8 nitrogen and oxygen atoms in total. The fourth-order valence-electron chi connectivity index (χ4n) is 2.25. The molecule has 0 fully saturated rings. The number of rotatable bonds is 15. The van der Waals surface area contributed by atoms with Gasteiger partial charge in [-0.1, -0.05) is 26.0 Å². The topological polar surface area (TPSA) is 103 Å². The number of ether oxygens (including phenoxy) is 4. The minimum Gasteiger partial charge on any atom is -0.490 e. The summed E-state index contributed by atoms with van der Waals surface area (Å²) >= 11 is 0. The van der Waals surface area contributed by atoms with Crippen molar-refractivity contribution < 1.29 is 33.6 Å². The number of esters is 1. The van der Waals surface area contributed by atoms with Gasteiger partial charge in [-0.3, -0.25) is 0 Å². The fraction of sp³-hybridized carbons (Fsp3) is 0.545. The molecule has 0 aliphatic heterocycles. The lowest BCUT2D eigenvalue weighted by atomic mass is 10.2. The minimum absolute atomic E-state index is 0.134. The van der Waals surface area contributed by atoms with Crippen LogP contribution in [-0.2, 0) is 30.4 Å². The maximum Gasteiger partial charge on any atom is 0.331 e. The Bertz CT molecular complexity index is 656. The largest absolute Gasteiger partial charge is 0.490 e. The lowest BCUT2D eigenvalue weighted by molar-refractivity contribution is -0.144. The first-order valence-corrected chi connectivity index (χ1v) is 10.0. The Morgan fingerprint density at radius 2 is 1.77 bits per heavy atom. The summed E-state index contributed by atoms with van der Waals surface area (Å²) in [6, 6.07) is 7.65. The molecule has 1 aromatic rings. The van der Waals surface area contributed by atoms with Gasteiger partial charge in [-0.05, 0) is 31.5 Å². The molecule has 0 aromatic heterocycles. The van der Waals surface area contributed by atoms with E-state index < -0.39 is 18.0 Å². The second-order valence-corrected chi connectivity index (χ2v) is 7.22. The van der Waals surface area contributed by atoms with Crippen LogP contribution in [-0.4, -0.2) is 61.7 Å². The second-order valence-electron chi connectivity index (χ2n) is 7.22. The summed E-state index contributed by atoms with van der Waals surface area (Å²) in [4.78, 5) is 22.3. The van der Waals surface area contributed by atoms with Crippen molar-refractivity contribution in [3.8, 4) is 5.75 Å². The Hall–Kier alpha value is -2.42. The second kappa shape index (κ2) is 14.5. The summed E-state index contributed by atoms with van der Waals surface area (Å²) in [6.07, 6.45) is 1.25. The number of carbonyl (C=O) groups excluding carboxylic acids is 1. The highest BCUT2D eigenvalue weighted by molar-refractivity contribution is 5.90. The molecule has 0 bridgehead atoms. The number of benzene rings is 1. The molecule has 1 aromatic carbocycles. The summed E-state index contributed by atoms with van der Waals surface area (Å²) in [6.45, 7) is 10.00. The minimum atomic E-state index is -1.21. The first-order valence-electron chi connectivity index (χ1n) is 10.0. The smallest absolute Gasteiger partial charge is 0.331 e. The Kier molecular flexibility index (Phi) is 12.4. The van der Waals surface area contributed by atoms with Crippen LogP contribution in [0.5, 0.6) is 5.75 Å². The normalized spacial score (nSPS) is 12.5. The number of nitrogens with one attached hydrogen (secondary N) is 1. The van der Waals surface area contributed by atoms with Gasteiger partial charge in [0.2, 0.25) is 0 Å². The number of carboxylic acids is 1. The molecule has 8 heteroatoms. The van der Waals surface area contributed by atoms with Crippen LogP contribution < -0.4 is 10.1 Å². The van der Waals surface area contributed by atoms with Gasteiger partial charge < -0.3 is 29.4 Å². The zero-order valence-electron chi connectivity index (χ0n) is 18.1. The highest BCUT2D eigenvalue weighted by Crippen LogP contribution is 2.14. The molecule has 1 rings (SSSR count). The molecule has 1 unspecified atom stereocenters. The standard InChI is InChI=1S/C22H33NO7/c1-16(2)23-13-20(30-22(26)10-9-21(24)25)15-29-19-7-5-18(6-8-19)14-27-11-12-28-17(3)4/h5-10,16-17,20,23H,11-15H2,1-4H3,(H,24,25)/b10-9+. The van der Waals surface area contributed by atoms with Crippen LogP contribution in [0.4, 0.5) is 0 Å². The van der Waals surface area contributed by atoms with Gasteiger partial charge in [0.05, 0.1) is 25.9 Å². The third-order valence-electron chi connectivity index (χ3n) is 3.71. The molecule has 0 spiro atoms. The van der Waals surface area contributed by atoms with E-state index in [0.29, 0.717) is 32.1 Å². The molecule has 0 amide bonds. The zero-order valence-corrected chi connectivity index (χ0v) is 18.1. The predicted octanol–water partition coefficient (Wildman–Crippen LogP) is 2.56. The van der Waals surface area contributed by atoms with E-state index in [0.717, 1.165) is 17.7 Å². The summed E-state index contributed by atoms with van der Waals surface area (Å²) < 4.78 is 22.0. The summed E-state index contributed by atoms with van der Waals surface area (Å²) in [5.41, 5.74) is 1.01. The number of hydrogen-bond donors (Lipinski definition) is 2. The van der Waals surface area contributed by atoms with Crippen LogP contribution in [0.25, 0.3) is 0 Å². The van der Waals surface area contributed by atoms with Crippen molar-refractivity contribution in [3.63, 3.8) is 0 Å². The number of carbonyl (C=O) groups is 2. The van der Waals surface area contributed by atoms with Gasteiger partial charge in [0.25, 0.3) is 0 Å². The first-order chi connectivity index (χ1) is 14.3. The molecule has 0 radical (unpaired) electrons. The molecule has 0 heterocycles. The molecule has 2 N–H and O–H groups in total. The van der Waals surface area contributed by atoms with Crippen LogP contribution >= 0.6 is 0 Å². The summed E-state index contributed by atoms with van der Waals surface area (Å²) in [7, 11) is 0. The highest BCUT2D eigenvalue weighted by Gasteiger charge is 2.15. The van der Waals surface area contributed by atoms with E-state index in [-0.39, 0.29) is 18.8 Å². The molecule has 0 aliphatic carbocycles. The van der Waals surface area contributed by atoms with E-state index in [9.17, 15) is 9.59 Å². The van der Waals surface area contributed by atoms with Crippen molar-refractivity contribution in [2.75, 3.05) is 26.4 Å². The third-order valence-corrected chi connectivity index (χ3v) is 3.71. The van der Waals surface area contributed by atoms with Gasteiger partial charge in [-0.25, -0.2) is 9.59 Å². The van der Waals surface area contributed by atoms with E-state index in [4.69, 9.17) is 24.1 Å². The lowest BCUT2D eigenvalue weighted by Crippen LogP contribution is -2.38. The molecule has 0 aliphatic rings. The number of hydrogen-bond acceptors (Lipinski definition) is 7. The van der Waals surface area contributed by atoms with E-state index in [1.807, 2.05) is 52.0 Å². The third kappa shape index (κ3) is 12.9. The van der Waals surface area contributed by atoms with Crippen LogP contribution in [0.15, 0.2) is 36.4 Å². The monoisotopic (exact) mass is 423 g/mol. The Morgan fingerprint density at radius 3 is 2.37 bits per heavy atom. The van der Waals surface area contributed by atoms with Crippen molar-refractivity contribution in [2.24, 2.45) is 0 Å². The van der Waals surface area contributed by atoms with Crippen LogP contribution in [0.1, 0.15) is 33.3 Å². The SMILES string of the molecule is CC(C)NCC(COc1ccc(COCCOC(C)C)cc1)OC(=O)/C=C/C(=O)O. The Morgan fingerprint density at radius 1 is 1.07 bits per heavy atom. The van der Waals surface area contributed by atoms with Crippen molar-refractivity contribution in [1.29, 1.82) is 0 Å². The quantitative estimate of drug-likeness (QED) is 0.252. The maximum absolute atomic E-state index is 11.8. The fourth-order valence-corrected chi connectivity index (χ4v) is 2.25. The highest BCUT2D eigenvalue weighted by atomic mass is 16.6. The van der Waals surface area contributed by atoms with Crippen molar-refractivity contribution >= 4 is 11.9 Å². The van der Waals surface area contributed by atoms with Gasteiger partial charge in [-0.15, -0.1) is 0 Å².